The van der Waals surface area contributed by atoms with Crippen molar-refractivity contribution in [2.45, 2.75) is 19.8 Å². The van der Waals surface area contributed by atoms with E-state index in [0.717, 1.165) is 5.56 Å². The molecule has 0 fully saturated rings. The van der Waals surface area contributed by atoms with Gasteiger partial charge in [-0.15, -0.1) is 0 Å². The number of H-pyrrole nitrogens is 1. The van der Waals surface area contributed by atoms with Gasteiger partial charge in [0.15, 0.2) is 0 Å². The second kappa shape index (κ2) is 9.45. The maximum Gasteiger partial charge on any atom is 0.251 e. The number of hydrogen-bond acceptors (Lipinski definition) is 4. The van der Waals surface area contributed by atoms with Crippen molar-refractivity contribution in [3.8, 4) is 11.4 Å². The highest BCUT2D eigenvalue weighted by Crippen LogP contribution is 2.18. The van der Waals surface area contributed by atoms with E-state index >= 15 is 0 Å². The molecule has 0 aliphatic rings. The Morgan fingerprint density at radius 1 is 1.00 bits per heavy atom. The zero-order valence-electron chi connectivity index (χ0n) is 16.1. The first-order valence-electron chi connectivity index (χ1n) is 9.28. The van der Waals surface area contributed by atoms with E-state index in [9.17, 15) is 14.4 Å². The summed E-state index contributed by atoms with van der Waals surface area (Å²) in [6.45, 7) is 2.00. The Labute approximate surface area is 168 Å². The molecule has 0 aliphatic carbocycles. The molecule has 1 aromatic heterocycles. The Balaban J connectivity index is 1.52. The second-order valence-corrected chi connectivity index (χ2v) is 6.63. The standard InChI is InChI=1S/C22H22N4O3/c1-15-12-21(29)26-22(24-15)17-8-5-9-18(14-17)25-19(27)10-11-23-20(28)13-16-6-3-2-4-7-16/h2-9,12,14H,10-11,13H2,1H3,(H,23,28)(H,25,27)(H,24,26,29). The third-order valence-electron chi connectivity index (χ3n) is 4.17. The van der Waals surface area contributed by atoms with Crippen LogP contribution in [-0.4, -0.2) is 28.3 Å². The lowest BCUT2D eigenvalue weighted by Crippen LogP contribution is -2.28. The van der Waals surface area contributed by atoms with Crippen molar-refractivity contribution in [2.75, 3.05) is 11.9 Å². The highest BCUT2D eigenvalue weighted by Gasteiger charge is 2.08. The first-order valence-corrected chi connectivity index (χ1v) is 9.28. The van der Waals surface area contributed by atoms with Gasteiger partial charge in [-0.3, -0.25) is 14.4 Å². The molecule has 0 atom stereocenters. The molecule has 3 aromatic rings. The number of nitrogens with one attached hydrogen (secondary N) is 3. The number of aromatic amines is 1. The topological polar surface area (TPSA) is 104 Å². The minimum absolute atomic E-state index is 0.125. The van der Waals surface area contributed by atoms with Crippen molar-refractivity contribution in [3.63, 3.8) is 0 Å². The van der Waals surface area contributed by atoms with Crippen LogP contribution in [0.25, 0.3) is 11.4 Å². The van der Waals surface area contributed by atoms with Crippen LogP contribution in [0.15, 0.2) is 65.5 Å². The fourth-order valence-corrected chi connectivity index (χ4v) is 2.84. The number of anilines is 1. The van der Waals surface area contributed by atoms with Gasteiger partial charge in [-0.1, -0.05) is 42.5 Å². The van der Waals surface area contributed by atoms with Crippen LogP contribution in [0, 0.1) is 6.92 Å². The van der Waals surface area contributed by atoms with E-state index in [-0.39, 0.29) is 36.8 Å². The van der Waals surface area contributed by atoms with Gasteiger partial charge in [-0.2, -0.15) is 0 Å². The molecule has 29 heavy (non-hydrogen) atoms. The van der Waals surface area contributed by atoms with Gasteiger partial charge in [0.05, 0.1) is 6.42 Å². The van der Waals surface area contributed by atoms with Gasteiger partial charge in [-0.25, -0.2) is 4.98 Å². The Morgan fingerprint density at radius 2 is 1.79 bits per heavy atom. The predicted molar refractivity (Wildman–Crippen MR) is 111 cm³/mol. The summed E-state index contributed by atoms with van der Waals surface area (Å²) >= 11 is 0. The maximum absolute atomic E-state index is 12.2. The van der Waals surface area contributed by atoms with Crippen molar-refractivity contribution in [2.24, 2.45) is 0 Å². The summed E-state index contributed by atoms with van der Waals surface area (Å²) in [6, 6.07) is 17.9. The predicted octanol–water partition coefficient (Wildman–Crippen LogP) is 2.43. The van der Waals surface area contributed by atoms with Gasteiger partial charge < -0.3 is 15.6 Å². The quantitative estimate of drug-likeness (QED) is 0.576. The molecule has 0 aliphatic heterocycles. The molecule has 2 amide bonds. The fourth-order valence-electron chi connectivity index (χ4n) is 2.84. The molecule has 7 nitrogen and oxygen atoms in total. The number of aromatic nitrogens is 2. The smallest absolute Gasteiger partial charge is 0.251 e. The normalized spacial score (nSPS) is 10.4. The van der Waals surface area contributed by atoms with Gasteiger partial charge in [0.25, 0.3) is 5.56 Å². The molecular formula is C22H22N4O3. The third kappa shape index (κ3) is 6.14. The molecule has 3 rings (SSSR count). The van der Waals surface area contributed by atoms with Crippen LogP contribution in [0.1, 0.15) is 17.7 Å². The summed E-state index contributed by atoms with van der Waals surface area (Å²) in [7, 11) is 0. The minimum atomic E-state index is -0.229. The highest BCUT2D eigenvalue weighted by atomic mass is 16.2. The SMILES string of the molecule is Cc1cc(=O)[nH]c(-c2cccc(NC(=O)CCNC(=O)Cc3ccccc3)c2)n1. The average Bonchev–Trinajstić information content (AvgIpc) is 2.68. The Hall–Kier alpha value is -3.74. The highest BCUT2D eigenvalue weighted by molar-refractivity contribution is 5.91. The van der Waals surface area contributed by atoms with Crippen molar-refractivity contribution in [3.05, 3.63) is 82.3 Å². The minimum Gasteiger partial charge on any atom is -0.355 e. The molecular weight excluding hydrogens is 368 g/mol. The zero-order valence-corrected chi connectivity index (χ0v) is 16.1. The van der Waals surface area contributed by atoms with Crippen molar-refractivity contribution >= 4 is 17.5 Å². The van der Waals surface area contributed by atoms with Gasteiger partial charge >= 0.3 is 0 Å². The third-order valence-corrected chi connectivity index (χ3v) is 4.17. The summed E-state index contributed by atoms with van der Waals surface area (Å²) in [6.07, 6.45) is 0.441. The van der Waals surface area contributed by atoms with E-state index in [0.29, 0.717) is 22.8 Å². The number of rotatable bonds is 7. The van der Waals surface area contributed by atoms with Crippen molar-refractivity contribution in [1.29, 1.82) is 0 Å². The number of nitrogens with zero attached hydrogens (tertiary/aromatic N) is 1. The summed E-state index contributed by atoms with van der Waals surface area (Å²) in [5.41, 5.74) is 2.60. The van der Waals surface area contributed by atoms with Crippen LogP contribution >= 0.6 is 0 Å². The summed E-state index contributed by atoms with van der Waals surface area (Å²) < 4.78 is 0. The van der Waals surface area contributed by atoms with E-state index < -0.39 is 0 Å². The van der Waals surface area contributed by atoms with Gasteiger partial charge in [0.2, 0.25) is 11.8 Å². The number of hydrogen-bond donors (Lipinski definition) is 3. The lowest BCUT2D eigenvalue weighted by atomic mass is 10.1. The molecule has 0 spiro atoms. The molecule has 0 saturated carbocycles. The van der Waals surface area contributed by atoms with Gasteiger partial charge in [0.1, 0.15) is 5.82 Å². The number of carbonyl (C=O) groups is 2. The molecule has 0 radical (unpaired) electrons. The van der Waals surface area contributed by atoms with Crippen LogP contribution in [0.5, 0.6) is 0 Å². The molecule has 2 aromatic carbocycles. The molecule has 0 saturated heterocycles. The van der Waals surface area contributed by atoms with Crippen LogP contribution in [0.4, 0.5) is 5.69 Å². The molecule has 0 bridgehead atoms. The second-order valence-electron chi connectivity index (χ2n) is 6.63. The molecule has 1 heterocycles. The van der Waals surface area contributed by atoms with Gasteiger partial charge in [-0.05, 0) is 24.6 Å². The van der Waals surface area contributed by atoms with E-state index in [2.05, 4.69) is 20.6 Å². The van der Waals surface area contributed by atoms with Crippen LogP contribution in [0.2, 0.25) is 0 Å². The summed E-state index contributed by atoms with van der Waals surface area (Å²) in [5.74, 6) is 0.104. The monoisotopic (exact) mass is 390 g/mol. The molecule has 0 unspecified atom stereocenters. The first kappa shape index (κ1) is 20.0. The van der Waals surface area contributed by atoms with Crippen LogP contribution < -0.4 is 16.2 Å². The summed E-state index contributed by atoms with van der Waals surface area (Å²) in [4.78, 5) is 42.7. The van der Waals surface area contributed by atoms with E-state index in [1.54, 1.807) is 31.2 Å². The average molecular weight is 390 g/mol. The Kier molecular flexibility index (Phi) is 6.52. The summed E-state index contributed by atoms with van der Waals surface area (Å²) in [5, 5.41) is 5.54. The fraction of sp³-hybridized carbons (Fsp3) is 0.182. The Morgan fingerprint density at radius 3 is 2.55 bits per heavy atom. The molecule has 3 N–H and O–H groups in total. The zero-order chi connectivity index (χ0) is 20.6. The van der Waals surface area contributed by atoms with Gasteiger partial charge in [0, 0.05) is 36.0 Å². The van der Waals surface area contributed by atoms with Crippen LogP contribution in [-0.2, 0) is 16.0 Å². The number of carbonyl (C=O) groups excluding carboxylic acids is 2. The largest absolute Gasteiger partial charge is 0.355 e. The number of benzene rings is 2. The maximum atomic E-state index is 12.2. The van der Waals surface area contributed by atoms with Crippen molar-refractivity contribution < 1.29 is 9.59 Å². The first-order chi connectivity index (χ1) is 14.0. The lowest BCUT2D eigenvalue weighted by Gasteiger charge is -2.09. The van der Waals surface area contributed by atoms with Crippen molar-refractivity contribution in [1.82, 2.24) is 15.3 Å². The molecule has 7 heteroatoms. The molecule has 148 valence electrons. The van der Waals surface area contributed by atoms with E-state index in [1.165, 1.54) is 6.07 Å². The number of aryl methyl sites for hydroxylation is 1. The van der Waals surface area contributed by atoms with Crippen LogP contribution in [0.3, 0.4) is 0 Å². The van der Waals surface area contributed by atoms with E-state index in [1.807, 2.05) is 30.3 Å². The van der Waals surface area contributed by atoms with E-state index in [4.69, 9.17) is 0 Å². The Bertz CT molecular complexity index is 1060. The number of amides is 2. The lowest BCUT2D eigenvalue weighted by molar-refractivity contribution is -0.120.